The number of benzene rings is 1. The molecule has 13 heavy (non-hydrogen) atoms. The summed E-state index contributed by atoms with van der Waals surface area (Å²) >= 11 is 0. The summed E-state index contributed by atoms with van der Waals surface area (Å²) in [6, 6.07) is 8.43. The number of Topliss-reactive ketones (excluding diaryl/α,β-unsaturated/α-hetero) is 2. The SMILES string of the molecule is COCC(=O)C(=O)c1ccccc1. The Morgan fingerprint density at radius 3 is 2.38 bits per heavy atom. The fraction of sp³-hybridized carbons (Fsp3) is 0.200. The fourth-order valence-electron chi connectivity index (χ4n) is 0.947. The van der Waals surface area contributed by atoms with Gasteiger partial charge in [0.15, 0.2) is 0 Å². The highest BCUT2D eigenvalue weighted by Gasteiger charge is 2.14. The Balaban J connectivity index is 2.74. The number of hydrogen-bond donors (Lipinski definition) is 0. The molecular weight excluding hydrogens is 168 g/mol. The van der Waals surface area contributed by atoms with Gasteiger partial charge in [0.25, 0.3) is 0 Å². The van der Waals surface area contributed by atoms with Crippen LogP contribution in [0.1, 0.15) is 10.4 Å². The van der Waals surface area contributed by atoms with E-state index in [1.54, 1.807) is 30.3 Å². The highest BCUT2D eigenvalue weighted by atomic mass is 16.5. The molecule has 3 heteroatoms. The van der Waals surface area contributed by atoms with Gasteiger partial charge in [-0.05, 0) is 0 Å². The van der Waals surface area contributed by atoms with Crippen LogP contribution in [0.15, 0.2) is 30.3 Å². The number of ether oxygens (including phenoxy) is 1. The van der Waals surface area contributed by atoms with Crippen LogP contribution < -0.4 is 0 Å². The van der Waals surface area contributed by atoms with Crippen LogP contribution in [-0.4, -0.2) is 25.3 Å². The van der Waals surface area contributed by atoms with Gasteiger partial charge in [-0.25, -0.2) is 0 Å². The van der Waals surface area contributed by atoms with E-state index in [9.17, 15) is 9.59 Å². The Bertz CT molecular complexity index is 303. The summed E-state index contributed by atoms with van der Waals surface area (Å²) in [5.74, 6) is -1.02. The number of methoxy groups -OCH3 is 1. The van der Waals surface area contributed by atoms with Gasteiger partial charge in [0.2, 0.25) is 11.6 Å². The number of ketones is 2. The van der Waals surface area contributed by atoms with Crippen molar-refractivity contribution in [2.45, 2.75) is 0 Å². The summed E-state index contributed by atoms with van der Waals surface area (Å²) in [6.07, 6.45) is 0. The second kappa shape index (κ2) is 4.52. The zero-order valence-electron chi connectivity index (χ0n) is 7.32. The normalized spacial score (nSPS) is 9.62. The van der Waals surface area contributed by atoms with Crippen molar-refractivity contribution in [2.24, 2.45) is 0 Å². The first-order valence-corrected chi connectivity index (χ1v) is 3.87. The van der Waals surface area contributed by atoms with Crippen LogP contribution >= 0.6 is 0 Å². The molecule has 0 N–H and O–H groups in total. The van der Waals surface area contributed by atoms with Crippen LogP contribution in [0.4, 0.5) is 0 Å². The smallest absolute Gasteiger partial charge is 0.231 e. The average Bonchev–Trinajstić information content (AvgIpc) is 2.18. The summed E-state index contributed by atoms with van der Waals surface area (Å²) in [4.78, 5) is 22.4. The van der Waals surface area contributed by atoms with Crippen LogP contribution in [0.25, 0.3) is 0 Å². The van der Waals surface area contributed by atoms with E-state index in [4.69, 9.17) is 0 Å². The van der Waals surface area contributed by atoms with Gasteiger partial charge < -0.3 is 4.74 Å². The maximum Gasteiger partial charge on any atom is 0.231 e. The van der Waals surface area contributed by atoms with Gasteiger partial charge in [0, 0.05) is 12.7 Å². The lowest BCUT2D eigenvalue weighted by atomic mass is 10.1. The second-order valence-electron chi connectivity index (χ2n) is 2.55. The van der Waals surface area contributed by atoms with E-state index in [1.165, 1.54) is 7.11 Å². The molecule has 0 unspecified atom stereocenters. The van der Waals surface area contributed by atoms with E-state index in [1.807, 2.05) is 0 Å². The fourth-order valence-corrected chi connectivity index (χ4v) is 0.947. The molecule has 0 aliphatic heterocycles. The quantitative estimate of drug-likeness (QED) is 0.512. The molecular formula is C10H10O3. The van der Waals surface area contributed by atoms with Gasteiger partial charge in [-0.3, -0.25) is 9.59 Å². The van der Waals surface area contributed by atoms with Crippen molar-refractivity contribution in [1.82, 2.24) is 0 Å². The zero-order chi connectivity index (χ0) is 9.68. The minimum atomic E-state index is -0.520. The molecule has 1 aromatic carbocycles. The lowest BCUT2D eigenvalue weighted by Crippen LogP contribution is -2.18. The van der Waals surface area contributed by atoms with E-state index < -0.39 is 11.6 Å². The maximum absolute atomic E-state index is 11.3. The molecule has 0 heterocycles. The summed E-state index contributed by atoms with van der Waals surface area (Å²) in [7, 11) is 1.39. The minimum Gasteiger partial charge on any atom is -0.376 e. The van der Waals surface area contributed by atoms with Gasteiger partial charge in [0.05, 0.1) is 0 Å². The molecule has 0 aliphatic rings. The third-order valence-corrected chi connectivity index (χ3v) is 1.56. The van der Waals surface area contributed by atoms with Crippen LogP contribution in [0.5, 0.6) is 0 Å². The lowest BCUT2D eigenvalue weighted by molar-refractivity contribution is -0.118. The van der Waals surface area contributed by atoms with Gasteiger partial charge in [-0.2, -0.15) is 0 Å². The van der Waals surface area contributed by atoms with Crippen molar-refractivity contribution in [1.29, 1.82) is 0 Å². The van der Waals surface area contributed by atoms with E-state index in [-0.39, 0.29) is 6.61 Å². The molecule has 68 valence electrons. The molecule has 0 spiro atoms. The zero-order valence-corrected chi connectivity index (χ0v) is 7.32. The Morgan fingerprint density at radius 2 is 1.85 bits per heavy atom. The molecule has 0 saturated heterocycles. The summed E-state index contributed by atoms with van der Waals surface area (Å²) in [6.45, 7) is -0.159. The first-order valence-electron chi connectivity index (χ1n) is 3.87. The average molecular weight is 178 g/mol. The first kappa shape index (κ1) is 9.61. The number of hydrogen-bond acceptors (Lipinski definition) is 3. The van der Waals surface area contributed by atoms with Crippen molar-refractivity contribution >= 4 is 11.6 Å². The second-order valence-corrected chi connectivity index (χ2v) is 2.55. The van der Waals surface area contributed by atoms with Crippen LogP contribution in [0.2, 0.25) is 0 Å². The molecule has 0 radical (unpaired) electrons. The number of rotatable bonds is 4. The van der Waals surface area contributed by atoms with Gasteiger partial charge in [-0.15, -0.1) is 0 Å². The predicted molar refractivity (Wildman–Crippen MR) is 47.7 cm³/mol. The number of carbonyl (C=O) groups is 2. The van der Waals surface area contributed by atoms with Crippen LogP contribution in [-0.2, 0) is 9.53 Å². The first-order chi connectivity index (χ1) is 6.25. The van der Waals surface area contributed by atoms with E-state index in [0.717, 1.165) is 0 Å². The molecule has 0 aliphatic carbocycles. The number of carbonyl (C=O) groups excluding carboxylic acids is 2. The molecule has 0 atom stereocenters. The third kappa shape index (κ3) is 2.49. The monoisotopic (exact) mass is 178 g/mol. The summed E-state index contributed by atoms with van der Waals surface area (Å²) in [5, 5.41) is 0. The summed E-state index contributed by atoms with van der Waals surface area (Å²) < 4.78 is 4.58. The standard InChI is InChI=1S/C10H10O3/c1-13-7-9(11)10(12)8-5-3-2-4-6-8/h2-6H,7H2,1H3. The largest absolute Gasteiger partial charge is 0.376 e. The molecule has 3 nitrogen and oxygen atoms in total. The molecule has 0 saturated carbocycles. The van der Waals surface area contributed by atoms with E-state index in [2.05, 4.69) is 4.74 Å². The van der Waals surface area contributed by atoms with Crippen molar-refractivity contribution in [2.75, 3.05) is 13.7 Å². The van der Waals surface area contributed by atoms with Gasteiger partial charge in [-0.1, -0.05) is 30.3 Å². The molecule has 0 bridgehead atoms. The van der Waals surface area contributed by atoms with E-state index in [0.29, 0.717) is 5.56 Å². The van der Waals surface area contributed by atoms with Crippen molar-refractivity contribution in [3.8, 4) is 0 Å². The van der Waals surface area contributed by atoms with Crippen molar-refractivity contribution in [3.05, 3.63) is 35.9 Å². The molecule has 1 aromatic rings. The van der Waals surface area contributed by atoms with Gasteiger partial charge in [0.1, 0.15) is 6.61 Å². The highest BCUT2D eigenvalue weighted by Crippen LogP contribution is 2.00. The minimum absolute atomic E-state index is 0.159. The van der Waals surface area contributed by atoms with Crippen LogP contribution in [0, 0.1) is 0 Å². The Labute approximate surface area is 76.3 Å². The highest BCUT2D eigenvalue weighted by molar-refractivity contribution is 6.44. The third-order valence-electron chi connectivity index (χ3n) is 1.56. The van der Waals surface area contributed by atoms with Gasteiger partial charge >= 0.3 is 0 Å². The molecule has 0 amide bonds. The Morgan fingerprint density at radius 1 is 1.23 bits per heavy atom. The van der Waals surface area contributed by atoms with Crippen LogP contribution in [0.3, 0.4) is 0 Å². The molecule has 0 aromatic heterocycles. The van der Waals surface area contributed by atoms with E-state index >= 15 is 0 Å². The molecule has 0 fully saturated rings. The Hall–Kier alpha value is -1.48. The maximum atomic E-state index is 11.3. The predicted octanol–water partition coefficient (Wildman–Crippen LogP) is 1.08. The lowest BCUT2D eigenvalue weighted by Gasteiger charge is -1.97. The molecule has 1 rings (SSSR count). The topological polar surface area (TPSA) is 43.4 Å². The Kier molecular flexibility index (Phi) is 3.34. The summed E-state index contributed by atoms with van der Waals surface area (Å²) in [5.41, 5.74) is 0.407. The van der Waals surface area contributed by atoms with Crippen molar-refractivity contribution < 1.29 is 14.3 Å². The van der Waals surface area contributed by atoms with Crippen molar-refractivity contribution in [3.63, 3.8) is 0 Å².